The van der Waals surface area contributed by atoms with Crippen LogP contribution in [0.15, 0.2) is 30.3 Å². The van der Waals surface area contributed by atoms with E-state index < -0.39 is 7.12 Å². The topological polar surface area (TPSA) is 64.2 Å². The maximum atomic E-state index is 8.78. The van der Waals surface area contributed by atoms with Crippen LogP contribution in [0.2, 0.25) is 0 Å². The van der Waals surface area contributed by atoms with Gasteiger partial charge >= 0.3 is 7.12 Å². The lowest BCUT2D eigenvalue weighted by molar-refractivity contribution is 0.426. The monoisotopic (exact) mass is 173 g/mol. The maximum absolute atomic E-state index is 8.78. The molecule has 0 fully saturated rings. The Morgan fingerprint density at radius 3 is 2.31 bits per heavy atom. The second-order valence-corrected chi connectivity index (χ2v) is 2.50. The third kappa shape index (κ3) is 2.75. The smallest absolute Gasteiger partial charge is 0.423 e. The molecule has 0 spiro atoms. The van der Waals surface area contributed by atoms with E-state index >= 15 is 0 Å². The van der Waals surface area contributed by atoms with Crippen LogP contribution in [-0.2, 0) is 0 Å². The predicted molar refractivity (Wildman–Crippen MR) is 50.9 cm³/mol. The summed E-state index contributed by atoms with van der Waals surface area (Å²) in [5, 5.41) is 25.8. The number of hydrogen-bond acceptors (Lipinski definition) is 3. The fourth-order valence-electron chi connectivity index (χ4n) is 0.913. The standard InChI is InChI=1S/C9H8BNO2/c11-7-1-2-8-3-5-9(6-4-8)10(12)13/h1-6,12-13H. The van der Waals surface area contributed by atoms with Gasteiger partial charge in [0.05, 0.1) is 6.07 Å². The van der Waals surface area contributed by atoms with Gasteiger partial charge in [0.25, 0.3) is 0 Å². The van der Waals surface area contributed by atoms with Gasteiger partial charge in [0.15, 0.2) is 0 Å². The van der Waals surface area contributed by atoms with E-state index in [-0.39, 0.29) is 0 Å². The summed E-state index contributed by atoms with van der Waals surface area (Å²) in [7, 11) is -1.44. The lowest BCUT2D eigenvalue weighted by Crippen LogP contribution is -2.29. The summed E-state index contributed by atoms with van der Waals surface area (Å²) >= 11 is 0. The van der Waals surface area contributed by atoms with Gasteiger partial charge in [0.2, 0.25) is 0 Å². The van der Waals surface area contributed by atoms with E-state index in [1.54, 1.807) is 30.3 Å². The van der Waals surface area contributed by atoms with Crippen molar-refractivity contribution in [2.75, 3.05) is 0 Å². The molecule has 4 heteroatoms. The van der Waals surface area contributed by atoms with Gasteiger partial charge in [-0.25, -0.2) is 0 Å². The molecule has 0 amide bonds. The Hall–Kier alpha value is -1.57. The highest BCUT2D eigenvalue weighted by atomic mass is 16.4. The van der Waals surface area contributed by atoms with Gasteiger partial charge in [-0.05, 0) is 17.1 Å². The van der Waals surface area contributed by atoms with Crippen LogP contribution in [-0.4, -0.2) is 17.2 Å². The van der Waals surface area contributed by atoms with Gasteiger partial charge in [-0.2, -0.15) is 5.26 Å². The summed E-state index contributed by atoms with van der Waals surface area (Å²) in [5.41, 5.74) is 1.29. The van der Waals surface area contributed by atoms with Crippen molar-refractivity contribution in [3.05, 3.63) is 35.9 Å². The first-order valence-corrected chi connectivity index (χ1v) is 3.76. The number of hydrogen-bond donors (Lipinski definition) is 2. The summed E-state index contributed by atoms with van der Waals surface area (Å²) < 4.78 is 0. The van der Waals surface area contributed by atoms with Gasteiger partial charge in [-0.3, -0.25) is 0 Å². The highest BCUT2D eigenvalue weighted by molar-refractivity contribution is 6.58. The van der Waals surface area contributed by atoms with Crippen LogP contribution in [0, 0.1) is 11.3 Å². The SMILES string of the molecule is N#CC=Cc1ccc(B(O)O)cc1. The second kappa shape index (κ2) is 4.46. The van der Waals surface area contributed by atoms with Crippen LogP contribution in [0.3, 0.4) is 0 Å². The molecule has 0 aliphatic carbocycles. The van der Waals surface area contributed by atoms with E-state index in [0.717, 1.165) is 5.56 Å². The maximum Gasteiger partial charge on any atom is 0.488 e. The van der Waals surface area contributed by atoms with Crippen LogP contribution in [0.5, 0.6) is 0 Å². The third-order valence-corrected chi connectivity index (χ3v) is 1.58. The number of rotatable bonds is 2. The Kier molecular flexibility index (Phi) is 3.27. The Morgan fingerprint density at radius 2 is 1.85 bits per heavy atom. The van der Waals surface area contributed by atoms with Crippen LogP contribution in [0.25, 0.3) is 6.08 Å². The van der Waals surface area contributed by atoms with E-state index in [4.69, 9.17) is 15.3 Å². The van der Waals surface area contributed by atoms with Crippen LogP contribution in [0.4, 0.5) is 0 Å². The number of nitrogens with zero attached hydrogens (tertiary/aromatic N) is 1. The molecule has 0 saturated heterocycles. The first-order chi connectivity index (χ1) is 6.24. The predicted octanol–water partition coefficient (Wildman–Crippen LogP) is -0.0968. The molecule has 0 aromatic heterocycles. The first kappa shape index (κ1) is 9.52. The normalized spacial score (nSPS) is 9.92. The molecule has 0 saturated carbocycles. The molecule has 0 aliphatic heterocycles. The van der Waals surface area contributed by atoms with Gasteiger partial charge in [-0.1, -0.05) is 24.3 Å². The number of benzene rings is 1. The van der Waals surface area contributed by atoms with Crippen molar-refractivity contribution >= 4 is 18.7 Å². The fourth-order valence-corrected chi connectivity index (χ4v) is 0.913. The lowest BCUT2D eigenvalue weighted by Gasteiger charge is -1.98. The number of allylic oxidation sites excluding steroid dienone is 1. The van der Waals surface area contributed by atoms with Gasteiger partial charge in [0, 0.05) is 6.08 Å². The average Bonchev–Trinajstić information content (AvgIpc) is 2.15. The third-order valence-electron chi connectivity index (χ3n) is 1.58. The van der Waals surface area contributed by atoms with Crippen molar-refractivity contribution in [2.45, 2.75) is 0 Å². The zero-order valence-electron chi connectivity index (χ0n) is 6.88. The van der Waals surface area contributed by atoms with Crippen molar-refractivity contribution in [2.24, 2.45) is 0 Å². The van der Waals surface area contributed by atoms with Gasteiger partial charge < -0.3 is 10.0 Å². The van der Waals surface area contributed by atoms with Crippen molar-refractivity contribution < 1.29 is 10.0 Å². The molecular formula is C9H8BNO2. The minimum Gasteiger partial charge on any atom is -0.423 e. The Bertz CT molecular complexity index is 338. The molecule has 1 aromatic rings. The molecule has 1 rings (SSSR count). The van der Waals surface area contributed by atoms with E-state index in [1.807, 2.05) is 6.07 Å². The van der Waals surface area contributed by atoms with E-state index in [9.17, 15) is 0 Å². The van der Waals surface area contributed by atoms with Crippen molar-refractivity contribution in [3.8, 4) is 6.07 Å². The zero-order valence-corrected chi connectivity index (χ0v) is 6.88. The number of nitriles is 1. The van der Waals surface area contributed by atoms with Crippen LogP contribution < -0.4 is 5.46 Å². The molecule has 0 atom stereocenters. The Morgan fingerprint density at radius 1 is 1.23 bits per heavy atom. The minimum atomic E-state index is -1.44. The molecule has 2 N–H and O–H groups in total. The summed E-state index contributed by atoms with van der Waals surface area (Å²) in [5.74, 6) is 0. The Labute approximate surface area is 76.7 Å². The molecule has 0 bridgehead atoms. The summed E-state index contributed by atoms with van der Waals surface area (Å²) in [6, 6.07) is 8.49. The molecule has 0 aliphatic rings. The minimum absolute atomic E-state index is 0.439. The molecule has 0 heterocycles. The van der Waals surface area contributed by atoms with E-state index in [2.05, 4.69) is 0 Å². The van der Waals surface area contributed by atoms with E-state index in [0.29, 0.717) is 5.46 Å². The van der Waals surface area contributed by atoms with Crippen molar-refractivity contribution in [3.63, 3.8) is 0 Å². The highest BCUT2D eigenvalue weighted by Crippen LogP contribution is 1.99. The highest BCUT2D eigenvalue weighted by Gasteiger charge is 2.08. The molecule has 0 radical (unpaired) electrons. The van der Waals surface area contributed by atoms with Crippen LogP contribution in [0.1, 0.15) is 5.56 Å². The zero-order chi connectivity index (χ0) is 9.68. The molecule has 0 unspecified atom stereocenters. The van der Waals surface area contributed by atoms with Crippen LogP contribution >= 0.6 is 0 Å². The summed E-state index contributed by atoms with van der Waals surface area (Å²) in [6.45, 7) is 0. The lowest BCUT2D eigenvalue weighted by atomic mass is 9.80. The quantitative estimate of drug-likeness (QED) is 0.484. The molecule has 13 heavy (non-hydrogen) atoms. The molecule has 64 valence electrons. The first-order valence-electron chi connectivity index (χ1n) is 3.76. The van der Waals surface area contributed by atoms with Gasteiger partial charge in [-0.15, -0.1) is 0 Å². The molecule has 3 nitrogen and oxygen atoms in total. The largest absolute Gasteiger partial charge is 0.488 e. The summed E-state index contributed by atoms with van der Waals surface area (Å²) in [6.07, 6.45) is 3.01. The second-order valence-electron chi connectivity index (χ2n) is 2.50. The Balaban J connectivity index is 2.83. The molecular weight excluding hydrogens is 165 g/mol. The fraction of sp³-hybridized carbons (Fsp3) is 0. The average molecular weight is 173 g/mol. The van der Waals surface area contributed by atoms with E-state index in [1.165, 1.54) is 6.08 Å². The van der Waals surface area contributed by atoms with Crippen molar-refractivity contribution in [1.29, 1.82) is 5.26 Å². The van der Waals surface area contributed by atoms with Gasteiger partial charge in [0.1, 0.15) is 0 Å². The summed E-state index contributed by atoms with van der Waals surface area (Å²) in [4.78, 5) is 0. The van der Waals surface area contributed by atoms with Crippen molar-refractivity contribution in [1.82, 2.24) is 0 Å². The molecule has 1 aromatic carbocycles.